The molecule has 102 valence electrons. The van der Waals surface area contributed by atoms with E-state index < -0.39 is 0 Å². The SMILES string of the molecule is CCCCCN=C(N)NCCc1ccccn1.I. The Morgan fingerprint density at radius 2 is 2.22 bits per heavy atom. The molecule has 1 heterocycles. The standard InChI is InChI=1S/C13H22N4.HI/c1-2-3-5-10-16-13(14)17-11-8-12-7-4-6-9-15-12;/h4,6-7,9H,2-3,5,8,10-11H2,1H3,(H3,14,16,17);1H. The van der Waals surface area contributed by atoms with Crippen LogP contribution in [0.3, 0.4) is 0 Å². The summed E-state index contributed by atoms with van der Waals surface area (Å²) >= 11 is 0. The summed E-state index contributed by atoms with van der Waals surface area (Å²) in [5.41, 5.74) is 6.81. The van der Waals surface area contributed by atoms with Crippen molar-refractivity contribution in [3.63, 3.8) is 0 Å². The van der Waals surface area contributed by atoms with Gasteiger partial charge in [-0.3, -0.25) is 9.98 Å². The monoisotopic (exact) mass is 362 g/mol. The highest BCUT2D eigenvalue weighted by atomic mass is 127. The molecule has 0 unspecified atom stereocenters. The zero-order valence-corrected chi connectivity index (χ0v) is 13.3. The van der Waals surface area contributed by atoms with Crippen LogP contribution in [-0.4, -0.2) is 24.0 Å². The zero-order chi connectivity index (χ0) is 12.3. The number of pyridine rings is 1. The van der Waals surface area contributed by atoms with E-state index in [1.807, 2.05) is 18.2 Å². The van der Waals surface area contributed by atoms with Crippen LogP contribution < -0.4 is 11.1 Å². The second-order valence-corrected chi connectivity index (χ2v) is 3.97. The molecule has 0 atom stereocenters. The van der Waals surface area contributed by atoms with E-state index in [1.165, 1.54) is 12.8 Å². The number of nitrogens with one attached hydrogen (secondary N) is 1. The van der Waals surface area contributed by atoms with E-state index in [2.05, 4.69) is 22.2 Å². The number of unbranched alkanes of at least 4 members (excludes halogenated alkanes) is 2. The fourth-order valence-electron chi connectivity index (χ4n) is 1.48. The van der Waals surface area contributed by atoms with Crippen molar-refractivity contribution >= 4 is 29.9 Å². The van der Waals surface area contributed by atoms with Crippen molar-refractivity contribution < 1.29 is 0 Å². The minimum absolute atomic E-state index is 0. The fourth-order valence-corrected chi connectivity index (χ4v) is 1.48. The third-order valence-corrected chi connectivity index (χ3v) is 2.46. The molecule has 0 fully saturated rings. The molecule has 0 spiro atoms. The van der Waals surface area contributed by atoms with Crippen molar-refractivity contribution in [3.8, 4) is 0 Å². The molecule has 0 bridgehead atoms. The molecular formula is C13H23IN4. The summed E-state index contributed by atoms with van der Waals surface area (Å²) in [6.45, 7) is 3.77. The van der Waals surface area contributed by atoms with E-state index in [-0.39, 0.29) is 24.0 Å². The average Bonchev–Trinajstić information content (AvgIpc) is 2.36. The van der Waals surface area contributed by atoms with Crippen molar-refractivity contribution in [2.45, 2.75) is 32.6 Å². The van der Waals surface area contributed by atoms with E-state index in [1.54, 1.807) is 6.20 Å². The topological polar surface area (TPSA) is 63.3 Å². The molecule has 18 heavy (non-hydrogen) atoms. The maximum absolute atomic E-state index is 5.74. The second-order valence-electron chi connectivity index (χ2n) is 3.97. The summed E-state index contributed by atoms with van der Waals surface area (Å²) in [7, 11) is 0. The summed E-state index contributed by atoms with van der Waals surface area (Å²) < 4.78 is 0. The lowest BCUT2D eigenvalue weighted by molar-refractivity contribution is 0.723. The Labute approximate surface area is 126 Å². The highest BCUT2D eigenvalue weighted by Gasteiger charge is 1.94. The third-order valence-electron chi connectivity index (χ3n) is 2.46. The molecule has 0 aliphatic rings. The van der Waals surface area contributed by atoms with Gasteiger partial charge in [0, 0.05) is 31.4 Å². The summed E-state index contributed by atoms with van der Waals surface area (Å²) in [5, 5.41) is 3.10. The Balaban J connectivity index is 0.00000289. The molecule has 0 amide bonds. The first-order chi connectivity index (χ1) is 8.33. The van der Waals surface area contributed by atoms with Gasteiger partial charge in [0.15, 0.2) is 5.96 Å². The van der Waals surface area contributed by atoms with Gasteiger partial charge in [0.2, 0.25) is 0 Å². The van der Waals surface area contributed by atoms with Gasteiger partial charge >= 0.3 is 0 Å². The minimum Gasteiger partial charge on any atom is -0.370 e. The summed E-state index contributed by atoms with van der Waals surface area (Å²) in [5.74, 6) is 0.539. The van der Waals surface area contributed by atoms with Crippen LogP contribution in [0.25, 0.3) is 0 Å². The van der Waals surface area contributed by atoms with Gasteiger partial charge in [0.05, 0.1) is 0 Å². The average molecular weight is 362 g/mol. The smallest absolute Gasteiger partial charge is 0.188 e. The van der Waals surface area contributed by atoms with Gasteiger partial charge < -0.3 is 11.1 Å². The maximum Gasteiger partial charge on any atom is 0.188 e. The predicted octanol–water partition coefficient (Wildman–Crippen LogP) is 2.34. The zero-order valence-electron chi connectivity index (χ0n) is 10.9. The number of guanidine groups is 1. The number of hydrogen-bond donors (Lipinski definition) is 2. The molecule has 0 aliphatic heterocycles. The molecule has 0 aromatic carbocycles. The molecule has 0 aliphatic carbocycles. The van der Waals surface area contributed by atoms with Gasteiger partial charge in [-0.15, -0.1) is 24.0 Å². The molecule has 0 saturated carbocycles. The third kappa shape index (κ3) is 8.27. The predicted molar refractivity (Wildman–Crippen MR) is 87.4 cm³/mol. The number of nitrogens with two attached hydrogens (primary N) is 1. The first kappa shape index (κ1) is 17.2. The lowest BCUT2D eigenvalue weighted by Crippen LogP contribution is -2.33. The molecule has 0 radical (unpaired) electrons. The van der Waals surface area contributed by atoms with Crippen molar-refractivity contribution in [1.82, 2.24) is 10.3 Å². The Hall–Kier alpha value is -0.850. The van der Waals surface area contributed by atoms with Crippen LogP contribution in [-0.2, 0) is 6.42 Å². The highest BCUT2D eigenvalue weighted by Crippen LogP contribution is 1.94. The van der Waals surface area contributed by atoms with E-state index in [0.29, 0.717) is 5.96 Å². The van der Waals surface area contributed by atoms with Gasteiger partial charge in [0.1, 0.15) is 0 Å². The van der Waals surface area contributed by atoms with Crippen LogP contribution in [0.1, 0.15) is 31.9 Å². The van der Waals surface area contributed by atoms with Crippen LogP contribution in [0.4, 0.5) is 0 Å². The van der Waals surface area contributed by atoms with E-state index in [0.717, 1.165) is 31.6 Å². The van der Waals surface area contributed by atoms with E-state index in [9.17, 15) is 0 Å². The largest absolute Gasteiger partial charge is 0.370 e. The van der Waals surface area contributed by atoms with E-state index in [4.69, 9.17) is 5.73 Å². The quantitative estimate of drug-likeness (QED) is 0.339. The summed E-state index contributed by atoms with van der Waals surface area (Å²) in [6, 6.07) is 5.92. The number of rotatable bonds is 7. The first-order valence-corrected chi connectivity index (χ1v) is 6.26. The summed E-state index contributed by atoms with van der Waals surface area (Å²) in [4.78, 5) is 8.50. The fraction of sp³-hybridized carbons (Fsp3) is 0.538. The maximum atomic E-state index is 5.74. The summed E-state index contributed by atoms with van der Waals surface area (Å²) in [6.07, 6.45) is 6.20. The van der Waals surface area contributed by atoms with Crippen molar-refractivity contribution in [2.24, 2.45) is 10.7 Å². The Bertz CT molecular complexity index is 327. The first-order valence-electron chi connectivity index (χ1n) is 6.26. The van der Waals surface area contributed by atoms with Crippen molar-refractivity contribution in [3.05, 3.63) is 30.1 Å². The lowest BCUT2D eigenvalue weighted by atomic mass is 10.2. The number of hydrogen-bond acceptors (Lipinski definition) is 2. The minimum atomic E-state index is 0. The molecule has 5 heteroatoms. The van der Waals surface area contributed by atoms with Gasteiger partial charge in [-0.25, -0.2) is 0 Å². The van der Waals surface area contributed by atoms with Crippen LogP contribution in [0.5, 0.6) is 0 Å². The molecule has 3 N–H and O–H groups in total. The van der Waals surface area contributed by atoms with Crippen LogP contribution in [0.2, 0.25) is 0 Å². The lowest BCUT2D eigenvalue weighted by Gasteiger charge is -2.05. The van der Waals surface area contributed by atoms with Crippen LogP contribution in [0, 0.1) is 0 Å². The number of nitrogens with zero attached hydrogens (tertiary/aromatic N) is 2. The number of aromatic nitrogens is 1. The van der Waals surface area contributed by atoms with Crippen LogP contribution >= 0.6 is 24.0 Å². The Kier molecular flexibility index (Phi) is 10.7. The molecule has 4 nitrogen and oxygen atoms in total. The molecule has 0 saturated heterocycles. The highest BCUT2D eigenvalue weighted by molar-refractivity contribution is 14.0. The van der Waals surface area contributed by atoms with Gasteiger partial charge in [-0.1, -0.05) is 25.8 Å². The van der Waals surface area contributed by atoms with Crippen LogP contribution in [0.15, 0.2) is 29.4 Å². The molecular weight excluding hydrogens is 339 g/mol. The Morgan fingerprint density at radius 1 is 1.39 bits per heavy atom. The van der Waals surface area contributed by atoms with Gasteiger partial charge in [-0.05, 0) is 18.6 Å². The molecule has 1 aromatic rings. The number of aliphatic imine (C=N–C) groups is 1. The second kappa shape index (κ2) is 11.3. The molecule has 1 aromatic heterocycles. The number of halogens is 1. The van der Waals surface area contributed by atoms with E-state index >= 15 is 0 Å². The normalized spacial score (nSPS) is 10.8. The molecule has 1 rings (SSSR count). The Morgan fingerprint density at radius 3 is 2.89 bits per heavy atom. The van der Waals surface area contributed by atoms with Gasteiger partial charge in [-0.2, -0.15) is 0 Å². The van der Waals surface area contributed by atoms with Gasteiger partial charge in [0.25, 0.3) is 0 Å². The van der Waals surface area contributed by atoms with Crippen molar-refractivity contribution in [2.75, 3.05) is 13.1 Å². The van der Waals surface area contributed by atoms with Crippen molar-refractivity contribution in [1.29, 1.82) is 0 Å².